The van der Waals surface area contributed by atoms with Gasteiger partial charge in [-0.05, 0) is 44.9 Å². The number of ether oxygens (including phenoxy) is 1. The highest BCUT2D eigenvalue weighted by atomic mass is 79.9. The Morgan fingerprint density at radius 1 is 1.22 bits per heavy atom. The van der Waals surface area contributed by atoms with E-state index < -0.39 is 27.5 Å². The van der Waals surface area contributed by atoms with E-state index in [1.807, 2.05) is 0 Å². The van der Waals surface area contributed by atoms with E-state index in [1.165, 1.54) is 18.2 Å². The third-order valence-electron chi connectivity index (χ3n) is 2.85. The fourth-order valence-electron chi connectivity index (χ4n) is 1.91. The number of rotatable bonds is 3. The van der Waals surface area contributed by atoms with Gasteiger partial charge in [-0.3, -0.25) is 5.32 Å². The van der Waals surface area contributed by atoms with Gasteiger partial charge in [0, 0.05) is 5.69 Å². The van der Waals surface area contributed by atoms with Crippen LogP contribution in [0.1, 0.15) is 37.8 Å². The number of alkyl halides is 5. The average Bonchev–Trinajstić information content (AvgIpc) is 2.27. The molecule has 0 fully saturated rings. The topological polar surface area (TPSA) is 38.3 Å². The molecule has 0 heterocycles. The third-order valence-corrected chi connectivity index (χ3v) is 3.91. The zero-order chi connectivity index (χ0) is 18.0. The van der Waals surface area contributed by atoms with Crippen LogP contribution >= 0.6 is 31.9 Å². The summed E-state index contributed by atoms with van der Waals surface area (Å²) in [6.45, 7) is 6.80. The Morgan fingerprint density at radius 3 is 2.17 bits per heavy atom. The van der Waals surface area contributed by atoms with Crippen LogP contribution in [0.3, 0.4) is 0 Å². The Labute approximate surface area is 150 Å². The van der Waals surface area contributed by atoms with Crippen molar-refractivity contribution >= 4 is 43.6 Å². The second-order valence-electron chi connectivity index (χ2n) is 6.05. The number of benzene rings is 1. The molecule has 0 radical (unpaired) electrons. The van der Waals surface area contributed by atoms with Gasteiger partial charge in [-0.1, -0.05) is 44.0 Å². The third kappa shape index (κ3) is 6.33. The van der Waals surface area contributed by atoms with E-state index in [4.69, 9.17) is 4.74 Å². The highest BCUT2D eigenvalue weighted by Gasteiger charge is 2.44. The van der Waals surface area contributed by atoms with Crippen molar-refractivity contribution in [2.75, 3.05) is 5.32 Å². The summed E-state index contributed by atoms with van der Waals surface area (Å²) in [6.07, 6.45) is -5.05. The molecule has 1 atom stereocenters. The lowest BCUT2D eigenvalue weighted by molar-refractivity contribution is -0.146. The molecule has 130 valence electrons. The van der Waals surface area contributed by atoms with Gasteiger partial charge in [0.05, 0.1) is 3.74 Å². The number of anilines is 1. The summed E-state index contributed by atoms with van der Waals surface area (Å²) < 4.78 is 43.6. The highest BCUT2D eigenvalue weighted by Crippen LogP contribution is 2.43. The first-order valence-electron chi connectivity index (χ1n) is 6.76. The largest absolute Gasteiger partial charge is 0.444 e. The second-order valence-corrected chi connectivity index (χ2v) is 9.26. The van der Waals surface area contributed by atoms with Gasteiger partial charge in [0.25, 0.3) is 0 Å². The maximum atomic E-state index is 13.1. The number of amides is 1. The zero-order valence-electron chi connectivity index (χ0n) is 13.1. The molecule has 1 N–H and O–H groups in total. The fourth-order valence-corrected chi connectivity index (χ4v) is 3.12. The van der Waals surface area contributed by atoms with E-state index in [0.717, 1.165) is 0 Å². The van der Waals surface area contributed by atoms with E-state index >= 15 is 0 Å². The summed E-state index contributed by atoms with van der Waals surface area (Å²) >= 11 is 5.87. The SMILES string of the molecule is Cc1cc(C(C(Br)Br)C(F)(F)F)ccc1NC(=O)OC(C)(C)C. The molecule has 0 aliphatic carbocycles. The number of halogens is 5. The summed E-state index contributed by atoms with van der Waals surface area (Å²) in [5, 5.41) is 2.54. The minimum Gasteiger partial charge on any atom is -0.444 e. The minimum absolute atomic E-state index is 0.100. The molecule has 0 saturated carbocycles. The van der Waals surface area contributed by atoms with E-state index in [0.29, 0.717) is 11.3 Å². The monoisotopic (exact) mass is 459 g/mol. The predicted octanol–water partition coefficient (Wildman–Crippen LogP) is 6.10. The second kappa shape index (κ2) is 7.42. The lowest BCUT2D eigenvalue weighted by atomic mass is 9.98. The van der Waals surface area contributed by atoms with E-state index in [-0.39, 0.29) is 5.56 Å². The van der Waals surface area contributed by atoms with Crippen molar-refractivity contribution in [2.24, 2.45) is 0 Å². The molecule has 0 spiro atoms. The van der Waals surface area contributed by atoms with E-state index in [2.05, 4.69) is 37.2 Å². The number of hydrogen-bond donors (Lipinski definition) is 1. The summed E-state index contributed by atoms with van der Waals surface area (Å²) in [5.41, 5.74) is 0.370. The molecule has 1 unspecified atom stereocenters. The molecule has 8 heteroatoms. The van der Waals surface area contributed by atoms with Gasteiger partial charge < -0.3 is 4.74 Å². The Morgan fingerprint density at radius 2 is 1.78 bits per heavy atom. The Balaban J connectivity index is 3.00. The number of aryl methyl sites for hydroxylation is 1. The van der Waals surface area contributed by atoms with Gasteiger partial charge in [0.15, 0.2) is 0 Å². The van der Waals surface area contributed by atoms with Crippen LogP contribution in [0.25, 0.3) is 0 Å². The molecule has 0 aromatic heterocycles. The zero-order valence-corrected chi connectivity index (χ0v) is 16.3. The van der Waals surface area contributed by atoms with E-state index in [9.17, 15) is 18.0 Å². The molecule has 1 amide bonds. The minimum atomic E-state index is -4.40. The average molecular weight is 461 g/mol. The normalized spacial score (nSPS) is 13.8. The molecule has 1 aromatic carbocycles. The molecular formula is C15H18Br2F3NO2. The predicted molar refractivity (Wildman–Crippen MR) is 91.5 cm³/mol. The van der Waals surface area contributed by atoms with Crippen molar-refractivity contribution in [3.63, 3.8) is 0 Å². The number of nitrogens with one attached hydrogen (secondary N) is 1. The lowest BCUT2D eigenvalue weighted by Gasteiger charge is -2.23. The van der Waals surface area contributed by atoms with Crippen LogP contribution in [-0.2, 0) is 4.74 Å². The van der Waals surface area contributed by atoms with Crippen molar-refractivity contribution in [2.45, 2.75) is 49.1 Å². The van der Waals surface area contributed by atoms with Gasteiger partial charge >= 0.3 is 12.3 Å². The molecule has 0 bridgehead atoms. The smallest absolute Gasteiger partial charge is 0.412 e. The maximum absolute atomic E-state index is 13.1. The van der Waals surface area contributed by atoms with Crippen molar-refractivity contribution in [1.29, 1.82) is 0 Å². The van der Waals surface area contributed by atoms with Crippen LogP contribution in [0.2, 0.25) is 0 Å². The van der Waals surface area contributed by atoms with Gasteiger partial charge in [-0.2, -0.15) is 13.2 Å². The maximum Gasteiger partial charge on any atom is 0.412 e. The first-order valence-corrected chi connectivity index (χ1v) is 8.60. The summed E-state index contributed by atoms with van der Waals surface area (Å²) in [7, 11) is 0. The van der Waals surface area contributed by atoms with Crippen LogP contribution in [0, 0.1) is 6.92 Å². The molecule has 0 aliphatic heterocycles. The van der Waals surface area contributed by atoms with Crippen LogP contribution in [-0.4, -0.2) is 21.6 Å². The Bertz CT molecular complexity index is 569. The Hall–Kier alpha value is -0.760. The van der Waals surface area contributed by atoms with Gasteiger partial charge in [0.2, 0.25) is 0 Å². The quantitative estimate of drug-likeness (QED) is 0.553. The van der Waals surface area contributed by atoms with Crippen molar-refractivity contribution in [3.05, 3.63) is 29.3 Å². The summed E-state index contributed by atoms with van der Waals surface area (Å²) in [5.74, 6) is -1.70. The van der Waals surface area contributed by atoms with E-state index in [1.54, 1.807) is 27.7 Å². The first kappa shape index (κ1) is 20.3. The van der Waals surface area contributed by atoms with Crippen LogP contribution in [0.4, 0.5) is 23.7 Å². The number of hydrogen-bond acceptors (Lipinski definition) is 2. The highest BCUT2D eigenvalue weighted by molar-refractivity contribution is 9.24. The molecule has 0 saturated heterocycles. The number of carbonyl (C=O) groups excluding carboxylic acids is 1. The lowest BCUT2D eigenvalue weighted by Crippen LogP contribution is -2.28. The number of carbonyl (C=O) groups is 1. The fraction of sp³-hybridized carbons (Fsp3) is 0.533. The molecule has 23 heavy (non-hydrogen) atoms. The van der Waals surface area contributed by atoms with Crippen LogP contribution < -0.4 is 5.32 Å². The van der Waals surface area contributed by atoms with Crippen molar-refractivity contribution in [1.82, 2.24) is 0 Å². The summed E-state index contributed by atoms with van der Waals surface area (Å²) in [6, 6.07) is 4.18. The molecule has 1 rings (SSSR count). The first-order chi connectivity index (χ1) is 10.3. The van der Waals surface area contributed by atoms with Crippen LogP contribution in [0.5, 0.6) is 0 Å². The molecular weight excluding hydrogens is 443 g/mol. The molecule has 0 aliphatic rings. The van der Waals surface area contributed by atoms with Gasteiger partial charge in [0.1, 0.15) is 11.5 Å². The standard InChI is InChI=1S/C15H18Br2F3NO2/c1-8-7-9(11(12(16)17)15(18,19)20)5-6-10(8)21-13(22)23-14(2,3)4/h5-7,11-12H,1-4H3,(H,21,22). The molecule has 1 aromatic rings. The molecule has 3 nitrogen and oxygen atoms in total. The van der Waals surface area contributed by atoms with Crippen LogP contribution in [0.15, 0.2) is 18.2 Å². The summed E-state index contributed by atoms with van der Waals surface area (Å²) in [4.78, 5) is 11.7. The van der Waals surface area contributed by atoms with Gasteiger partial charge in [-0.25, -0.2) is 4.79 Å². The Kier molecular flexibility index (Phi) is 6.55. The van der Waals surface area contributed by atoms with Crippen molar-refractivity contribution in [3.8, 4) is 0 Å². The van der Waals surface area contributed by atoms with Crippen molar-refractivity contribution < 1.29 is 22.7 Å². The van der Waals surface area contributed by atoms with Gasteiger partial charge in [-0.15, -0.1) is 0 Å².